The summed E-state index contributed by atoms with van der Waals surface area (Å²) in [6.07, 6.45) is -0.529. The van der Waals surface area contributed by atoms with E-state index in [-0.39, 0.29) is 30.1 Å². The van der Waals surface area contributed by atoms with Crippen molar-refractivity contribution in [2.75, 3.05) is 26.8 Å². The summed E-state index contributed by atoms with van der Waals surface area (Å²) < 4.78 is 51.4. The maximum atomic E-state index is 13.6. The Bertz CT molecular complexity index is 1110. The topological polar surface area (TPSA) is 114 Å². The quantitative estimate of drug-likeness (QED) is 0.579. The molecule has 11 heteroatoms. The minimum absolute atomic E-state index is 0.0690. The first-order valence-corrected chi connectivity index (χ1v) is 11.7. The van der Waals surface area contributed by atoms with Crippen LogP contribution in [0.2, 0.25) is 0 Å². The van der Waals surface area contributed by atoms with Gasteiger partial charge in [0, 0.05) is 13.1 Å². The number of carbonyl (C=O) groups excluding carboxylic acids is 2. The fraction of sp³-hybridized carbons (Fsp3) is 0.364. The molecule has 1 aliphatic rings. The van der Waals surface area contributed by atoms with Gasteiger partial charge in [-0.1, -0.05) is 12.1 Å². The molecule has 2 N–H and O–H groups in total. The number of benzene rings is 2. The highest BCUT2D eigenvalue weighted by atomic mass is 32.2. The average Bonchev–Trinajstić information content (AvgIpc) is 2.83. The van der Waals surface area contributed by atoms with Crippen molar-refractivity contribution in [3.05, 3.63) is 59.4 Å². The van der Waals surface area contributed by atoms with Crippen LogP contribution in [0.1, 0.15) is 17.5 Å². The molecule has 1 aliphatic heterocycles. The number of nitrogens with zero attached hydrogens (tertiary/aromatic N) is 1. The van der Waals surface area contributed by atoms with Gasteiger partial charge in [0.05, 0.1) is 25.2 Å². The standard InChI is InChI=1S/C22H26FN3O6S/c1-15-12-18(8-9-19(15)23)33(29,30)26-10-3-11-32-20(26)14-25-22(28)21(27)24-13-16-4-6-17(31-2)7-5-16/h4-9,12,20H,3,10-11,13-14H2,1-2H3,(H,24,27)(H,25,28). The van der Waals surface area contributed by atoms with E-state index in [1.165, 1.54) is 19.1 Å². The minimum Gasteiger partial charge on any atom is -0.497 e. The minimum atomic E-state index is -3.99. The van der Waals surface area contributed by atoms with Crippen LogP contribution in [0.4, 0.5) is 4.39 Å². The molecule has 0 radical (unpaired) electrons. The van der Waals surface area contributed by atoms with Gasteiger partial charge in [-0.05, 0) is 54.8 Å². The smallest absolute Gasteiger partial charge is 0.309 e. The van der Waals surface area contributed by atoms with Crippen LogP contribution in [-0.2, 0) is 30.9 Å². The Morgan fingerprint density at radius 1 is 1.15 bits per heavy atom. The number of hydrogen-bond donors (Lipinski definition) is 2. The van der Waals surface area contributed by atoms with Crippen LogP contribution >= 0.6 is 0 Å². The lowest BCUT2D eigenvalue weighted by molar-refractivity contribution is -0.140. The second-order valence-corrected chi connectivity index (χ2v) is 9.34. The maximum absolute atomic E-state index is 13.6. The molecule has 0 saturated carbocycles. The number of sulfonamides is 1. The zero-order valence-corrected chi connectivity index (χ0v) is 19.2. The van der Waals surface area contributed by atoms with E-state index in [9.17, 15) is 22.4 Å². The number of amides is 2. The van der Waals surface area contributed by atoms with Crippen molar-refractivity contribution in [3.63, 3.8) is 0 Å². The molecule has 9 nitrogen and oxygen atoms in total. The van der Waals surface area contributed by atoms with Crippen LogP contribution in [0, 0.1) is 12.7 Å². The Morgan fingerprint density at radius 2 is 1.85 bits per heavy atom. The highest BCUT2D eigenvalue weighted by Crippen LogP contribution is 2.23. The molecular formula is C22H26FN3O6S. The van der Waals surface area contributed by atoms with Crippen molar-refractivity contribution < 1.29 is 31.9 Å². The number of methoxy groups -OCH3 is 1. The lowest BCUT2D eigenvalue weighted by Crippen LogP contribution is -2.53. The van der Waals surface area contributed by atoms with Gasteiger partial charge < -0.3 is 20.1 Å². The lowest BCUT2D eigenvalue weighted by atomic mass is 10.2. The van der Waals surface area contributed by atoms with Gasteiger partial charge in [-0.2, -0.15) is 4.31 Å². The Morgan fingerprint density at radius 3 is 2.52 bits per heavy atom. The number of nitrogens with one attached hydrogen (secondary N) is 2. The predicted molar refractivity (Wildman–Crippen MR) is 117 cm³/mol. The fourth-order valence-corrected chi connectivity index (χ4v) is 4.93. The van der Waals surface area contributed by atoms with Gasteiger partial charge >= 0.3 is 11.8 Å². The van der Waals surface area contributed by atoms with Crippen molar-refractivity contribution in [3.8, 4) is 5.75 Å². The molecule has 2 aromatic carbocycles. The molecule has 1 heterocycles. The van der Waals surface area contributed by atoms with Gasteiger partial charge in [0.1, 0.15) is 17.8 Å². The van der Waals surface area contributed by atoms with Gasteiger partial charge in [0.2, 0.25) is 10.0 Å². The molecule has 3 rings (SSSR count). The Kier molecular flexibility index (Phi) is 8.01. The van der Waals surface area contributed by atoms with Crippen LogP contribution in [0.25, 0.3) is 0 Å². The molecule has 1 atom stereocenters. The Balaban J connectivity index is 1.59. The van der Waals surface area contributed by atoms with Crippen molar-refractivity contribution in [1.82, 2.24) is 14.9 Å². The molecule has 1 saturated heterocycles. The molecule has 0 bridgehead atoms. The van der Waals surface area contributed by atoms with Crippen molar-refractivity contribution in [2.45, 2.75) is 31.0 Å². The molecule has 0 aliphatic carbocycles. The summed E-state index contributed by atoms with van der Waals surface area (Å²) >= 11 is 0. The van der Waals surface area contributed by atoms with E-state index in [0.29, 0.717) is 18.8 Å². The first-order chi connectivity index (χ1) is 15.7. The Hall–Kier alpha value is -3.02. The van der Waals surface area contributed by atoms with Crippen molar-refractivity contribution in [2.24, 2.45) is 0 Å². The fourth-order valence-electron chi connectivity index (χ4n) is 3.28. The maximum Gasteiger partial charge on any atom is 0.309 e. The highest BCUT2D eigenvalue weighted by Gasteiger charge is 2.35. The van der Waals surface area contributed by atoms with E-state index in [1.807, 2.05) is 0 Å². The summed E-state index contributed by atoms with van der Waals surface area (Å²) in [6, 6.07) is 10.5. The van der Waals surface area contributed by atoms with Crippen molar-refractivity contribution in [1.29, 1.82) is 0 Å². The third-order valence-electron chi connectivity index (χ3n) is 5.15. The number of halogens is 1. The third kappa shape index (κ3) is 6.06. The molecule has 1 unspecified atom stereocenters. The largest absolute Gasteiger partial charge is 0.497 e. The van der Waals surface area contributed by atoms with E-state index in [2.05, 4.69) is 10.6 Å². The average molecular weight is 480 g/mol. The number of aryl methyl sites for hydroxylation is 1. The molecule has 1 fully saturated rings. The summed E-state index contributed by atoms with van der Waals surface area (Å²) in [5.41, 5.74) is 0.979. The van der Waals surface area contributed by atoms with E-state index in [0.717, 1.165) is 15.9 Å². The van der Waals surface area contributed by atoms with E-state index in [4.69, 9.17) is 9.47 Å². The third-order valence-corrected chi connectivity index (χ3v) is 7.03. The summed E-state index contributed by atoms with van der Waals surface area (Å²) in [5.74, 6) is -1.60. The van der Waals surface area contributed by atoms with Crippen LogP contribution in [-0.4, -0.2) is 57.6 Å². The normalized spacial score (nSPS) is 16.8. The van der Waals surface area contributed by atoms with Crippen molar-refractivity contribution >= 4 is 21.8 Å². The van der Waals surface area contributed by atoms with Gasteiger partial charge in [-0.15, -0.1) is 0 Å². The molecule has 0 spiro atoms. The van der Waals surface area contributed by atoms with Crippen LogP contribution < -0.4 is 15.4 Å². The molecule has 2 amide bonds. The van der Waals surface area contributed by atoms with E-state index in [1.54, 1.807) is 31.4 Å². The second kappa shape index (κ2) is 10.7. The summed E-state index contributed by atoms with van der Waals surface area (Å²) in [6.45, 7) is 1.87. The van der Waals surface area contributed by atoms with Gasteiger partial charge in [-0.3, -0.25) is 9.59 Å². The second-order valence-electron chi connectivity index (χ2n) is 7.45. The number of carbonyl (C=O) groups is 2. The number of ether oxygens (including phenoxy) is 2. The van der Waals surface area contributed by atoms with Crippen LogP contribution in [0.5, 0.6) is 5.75 Å². The zero-order valence-electron chi connectivity index (χ0n) is 18.3. The highest BCUT2D eigenvalue weighted by molar-refractivity contribution is 7.89. The van der Waals surface area contributed by atoms with Gasteiger partial charge in [-0.25, -0.2) is 12.8 Å². The predicted octanol–water partition coefficient (Wildman–Crippen LogP) is 1.31. The van der Waals surface area contributed by atoms with Crippen LogP contribution in [0.3, 0.4) is 0 Å². The zero-order chi connectivity index (χ0) is 24.0. The first kappa shape index (κ1) is 24.6. The van der Waals surface area contributed by atoms with Gasteiger partial charge in [0.15, 0.2) is 0 Å². The monoisotopic (exact) mass is 479 g/mol. The molecule has 33 heavy (non-hydrogen) atoms. The Labute approximate surface area is 191 Å². The SMILES string of the molecule is COc1ccc(CNC(=O)C(=O)NCC2OCCCN2S(=O)(=O)c2ccc(F)c(C)c2)cc1. The van der Waals surface area contributed by atoms with E-state index < -0.39 is 33.9 Å². The lowest BCUT2D eigenvalue weighted by Gasteiger charge is -2.34. The van der Waals surface area contributed by atoms with Crippen LogP contribution in [0.15, 0.2) is 47.4 Å². The summed E-state index contributed by atoms with van der Waals surface area (Å²) in [4.78, 5) is 24.3. The number of hydrogen-bond acceptors (Lipinski definition) is 6. The first-order valence-electron chi connectivity index (χ1n) is 10.3. The van der Waals surface area contributed by atoms with E-state index >= 15 is 0 Å². The number of rotatable bonds is 7. The summed E-state index contributed by atoms with van der Waals surface area (Å²) in [7, 11) is -2.45. The van der Waals surface area contributed by atoms with Gasteiger partial charge in [0.25, 0.3) is 0 Å². The molecule has 178 valence electrons. The molecular weight excluding hydrogens is 453 g/mol. The molecule has 0 aromatic heterocycles. The molecule has 2 aromatic rings. The summed E-state index contributed by atoms with van der Waals surface area (Å²) in [5, 5.41) is 4.92.